The summed E-state index contributed by atoms with van der Waals surface area (Å²) in [7, 11) is 0. The smallest absolute Gasteiger partial charge is 0.272 e. The molecule has 31 heavy (non-hydrogen) atoms. The Kier molecular flexibility index (Phi) is 6.39. The number of fused-ring (bicyclic) bond motifs is 1. The van der Waals surface area contributed by atoms with E-state index in [9.17, 15) is 4.79 Å². The highest BCUT2D eigenvalue weighted by Crippen LogP contribution is 2.22. The second-order valence-electron chi connectivity index (χ2n) is 7.34. The molecule has 4 aromatic rings. The third-order valence-electron chi connectivity index (χ3n) is 5.11. The molecule has 2 aromatic carbocycles. The third-order valence-corrected chi connectivity index (χ3v) is 5.35. The van der Waals surface area contributed by atoms with Gasteiger partial charge >= 0.3 is 0 Å². The number of benzene rings is 2. The molecule has 0 atom stereocenters. The van der Waals surface area contributed by atoms with Crippen molar-refractivity contribution in [2.24, 2.45) is 0 Å². The predicted octanol–water partition coefficient (Wildman–Crippen LogP) is 4.76. The summed E-state index contributed by atoms with van der Waals surface area (Å²) in [5.41, 5.74) is 4.10. The zero-order valence-corrected chi connectivity index (χ0v) is 18.4. The number of halogens is 1. The lowest BCUT2D eigenvalue weighted by molar-refractivity contribution is 0.268. The highest BCUT2D eigenvalue weighted by Gasteiger charge is 2.11. The second-order valence-corrected chi connectivity index (χ2v) is 7.78. The van der Waals surface area contributed by atoms with Crippen LogP contribution in [0.3, 0.4) is 0 Å². The number of hydrogen-bond donors (Lipinski definition) is 1. The van der Waals surface area contributed by atoms with Crippen molar-refractivity contribution in [2.75, 3.05) is 13.2 Å². The summed E-state index contributed by atoms with van der Waals surface area (Å²) in [6, 6.07) is 19.1. The van der Waals surface area contributed by atoms with Gasteiger partial charge in [-0.1, -0.05) is 42.8 Å². The van der Waals surface area contributed by atoms with Crippen molar-refractivity contribution < 1.29 is 4.74 Å². The number of nitrogens with zero attached hydrogens (tertiary/aromatic N) is 3. The average Bonchev–Trinajstić information content (AvgIpc) is 3.20. The van der Waals surface area contributed by atoms with Crippen LogP contribution < -0.4 is 10.3 Å². The van der Waals surface area contributed by atoms with Gasteiger partial charge in [0.2, 0.25) is 0 Å². The summed E-state index contributed by atoms with van der Waals surface area (Å²) in [6.45, 7) is 6.94. The van der Waals surface area contributed by atoms with Crippen molar-refractivity contribution in [1.82, 2.24) is 19.5 Å². The molecule has 0 saturated carbocycles. The normalized spacial score (nSPS) is 11.4. The molecule has 0 amide bonds. The first kappa shape index (κ1) is 21.2. The maximum atomic E-state index is 12.7. The van der Waals surface area contributed by atoms with Crippen LogP contribution in [-0.4, -0.2) is 32.6 Å². The molecule has 0 spiro atoms. The van der Waals surface area contributed by atoms with Gasteiger partial charge in [-0.2, -0.15) is 0 Å². The predicted molar refractivity (Wildman–Crippen MR) is 124 cm³/mol. The van der Waals surface area contributed by atoms with E-state index in [1.54, 1.807) is 6.07 Å². The van der Waals surface area contributed by atoms with Gasteiger partial charge in [-0.15, -0.1) is 0 Å². The van der Waals surface area contributed by atoms with Crippen molar-refractivity contribution >= 4 is 17.2 Å². The average molecular weight is 437 g/mol. The Morgan fingerprint density at radius 2 is 1.87 bits per heavy atom. The monoisotopic (exact) mass is 436 g/mol. The van der Waals surface area contributed by atoms with Crippen LogP contribution in [0.1, 0.15) is 25.1 Å². The van der Waals surface area contributed by atoms with Gasteiger partial charge < -0.3 is 4.74 Å². The van der Waals surface area contributed by atoms with Gasteiger partial charge in [0.05, 0.1) is 18.0 Å². The standard InChI is InChI=1S/C24H25ClN4O2/c1-3-28(15-17-8-10-21(11-9-17)31-4-2)16-20-13-24(30)29-23(26-20)14-22(27-29)18-6-5-7-19(25)12-18/h5-14,27H,3-4,15-16H2,1-2H3. The van der Waals surface area contributed by atoms with Crippen LogP contribution in [0.15, 0.2) is 65.5 Å². The van der Waals surface area contributed by atoms with E-state index >= 15 is 0 Å². The number of aromatic nitrogens is 3. The first-order valence-electron chi connectivity index (χ1n) is 10.4. The van der Waals surface area contributed by atoms with Crippen LogP contribution in [0.4, 0.5) is 0 Å². The van der Waals surface area contributed by atoms with Gasteiger partial charge in [-0.25, -0.2) is 9.50 Å². The van der Waals surface area contributed by atoms with E-state index in [0.717, 1.165) is 35.8 Å². The van der Waals surface area contributed by atoms with Gasteiger partial charge in [-0.3, -0.25) is 14.8 Å². The van der Waals surface area contributed by atoms with E-state index in [0.29, 0.717) is 23.8 Å². The fourth-order valence-corrected chi connectivity index (χ4v) is 3.74. The summed E-state index contributed by atoms with van der Waals surface area (Å²) in [6.07, 6.45) is 0. The summed E-state index contributed by atoms with van der Waals surface area (Å²) in [5.74, 6) is 0.873. The second kappa shape index (κ2) is 9.37. The molecule has 0 unspecified atom stereocenters. The van der Waals surface area contributed by atoms with Gasteiger partial charge in [0, 0.05) is 35.8 Å². The molecule has 0 aliphatic carbocycles. The Morgan fingerprint density at radius 3 is 2.58 bits per heavy atom. The van der Waals surface area contributed by atoms with Crippen molar-refractivity contribution in [3.8, 4) is 17.0 Å². The molecule has 2 aromatic heterocycles. The number of rotatable bonds is 8. The Balaban J connectivity index is 1.55. The van der Waals surface area contributed by atoms with Crippen LogP contribution in [-0.2, 0) is 13.1 Å². The third kappa shape index (κ3) is 4.98. The molecule has 0 aliphatic rings. The Morgan fingerprint density at radius 1 is 1.06 bits per heavy atom. The largest absolute Gasteiger partial charge is 0.494 e. The van der Waals surface area contributed by atoms with Crippen molar-refractivity contribution in [3.05, 3.63) is 87.3 Å². The summed E-state index contributed by atoms with van der Waals surface area (Å²) >= 11 is 6.10. The molecule has 4 rings (SSSR count). The van der Waals surface area contributed by atoms with Crippen LogP contribution in [0.5, 0.6) is 5.75 Å². The molecule has 0 fully saturated rings. The lowest BCUT2D eigenvalue weighted by atomic mass is 10.1. The number of H-pyrrole nitrogens is 1. The van der Waals surface area contributed by atoms with E-state index in [1.807, 2.05) is 49.4 Å². The minimum absolute atomic E-state index is 0.134. The van der Waals surface area contributed by atoms with E-state index < -0.39 is 0 Å². The summed E-state index contributed by atoms with van der Waals surface area (Å²) in [5, 5.41) is 3.76. The highest BCUT2D eigenvalue weighted by atomic mass is 35.5. The van der Waals surface area contributed by atoms with Crippen LogP contribution >= 0.6 is 11.6 Å². The molecule has 0 saturated heterocycles. The maximum Gasteiger partial charge on any atom is 0.272 e. The number of hydrogen-bond acceptors (Lipinski definition) is 4. The highest BCUT2D eigenvalue weighted by molar-refractivity contribution is 6.30. The summed E-state index contributed by atoms with van der Waals surface area (Å²) in [4.78, 5) is 19.6. The zero-order valence-electron chi connectivity index (χ0n) is 17.6. The van der Waals surface area contributed by atoms with Gasteiger partial charge in [0.1, 0.15) is 5.75 Å². The summed E-state index contributed by atoms with van der Waals surface area (Å²) < 4.78 is 6.97. The molecular weight excluding hydrogens is 412 g/mol. The van der Waals surface area contributed by atoms with E-state index in [4.69, 9.17) is 21.3 Å². The topological polar surface area (TPSA) is 62.6 Å². The van der Waals surface area contributed by atoms with Crippen molar-refractivity contribution in [1.29, 1.82) is 0 Å². The lowest BCUT2D eigenvalue weighted by Crippen LogP contribution is -2.25. The fraction of sp³-hybridized carbons (Fsp3) is 0.250. The Hall–Kier alpha value is -3.09. The molecular formula is C24H25ClN4O2. The van der Waals surface area contributed by atoms with Crippen LogP contribution in [0.25, 0.3) is 16.9 Å². The van der Waals surface area contributed by atoms with E-state index in [-0.39, 0.29) is 5.56 Å². The first-order valence-corrected chi connectivity index (χ1v) is 10.7. The SMILES string of the molecule is CCOc1ccc(CN(CC)Cc2cc(=O)n3[nH]c(-c4cccc(Cl)c4)cc3n2)cc1. The Labute approximate surface area is 186 Å². The van der Waals surface area contributed by atoms with Crippen LogP contribution in [0, 0.1) is 0 Å². The van der Waals surface area contributed by atoms with Crippen LogP contribution in [0.2, 0.25) is 5.02 Å². The minimum Gasteiger partial charge on any atom is -0.494 e. The van der Waals surface area contributed by atoms with Gasteiger partial charge in [0.15, 0.2) is 5.65 Å². The quantitative estimate of drug-likeness (QED) is 0.432. The van der Waals surface area contributed by atoms with Gasteiger partial charge in [0.25, 0.3) is 5.56 Å². The fourth-order valence-electron chi connectivity index (χ4n) is 3.55. The van der Waals surface area contributed by atoms with E-state index in [1.165, 1.54) is 10.1 Å². The zero-order chi connectivity index (χ0) is 21.8. The molecule has 2 heterocycles. The molecule has 1 N–H and O–H groups in total. The van der Waals surface area contributed by atoms with E-state index in [2.05, 4.69) is 29.1 Å². The molecule has 6 nitrogen and oxygen atoms in total. The van der Waals surface area contributed by atoms with Crippen molar-refractivity contribution in [2.45, 2.75) is 26.9 Å². The number of ether oxygens (including phenoxy) is 1. The minimum atomic E-state index is -0.134. The first-order chi connectivity index (χ1) is 15.1. The van der Waals surface area contributed by atoms with Crippen molar-refractivity contribution in [3.63, 3.8) is 0 Å². The Bertz CT molecular complexity index is 1230. The lowest BCUT2D eigenvalue weighted by Gasteiger charge is -2.20. The number of nitrogens with one attached hydrogen (secondary N) is 1. The van der Waals surface area contributed by atoms with Gasteiger partial charge in [-0.05, 0) is 43.3 Å². The molecule has 0 bridgehead atoms. The molecule has 0 radical (unpaired) electrons. The molecule has 0 aliphatic heterocycles. The number of aromatic amines is 1. The molecule has 7 heteroatoms. The maximum absolute atomic E-state index is 12.7. The molecule has 160 valence electrons.